The Labute approximate surface area is 126 Å². The molecule has 21 heavy (non-hydrogen) atoms. The van der Waals surface area contributed by atoms with E-state index >= 15 is 0 Å². The molecule has 0 aromatic carbocycles. The Morgan fingerprint density at radius 2 is 2.14 bits per heavy atom. The van der Waals surface area contributed by atoms with E-state index < -0.39 is 0 Å². The van der Waals surface area contributed by atoms with E-state index in [0.29, 0.717) is 0 Å². The third kappa shape index (κ3) is 4.19. The van der Waals surface area contributed by atoms with Gasteiger partial charge < -0.3 is 9.73 Å². The van der Waals surface area contributed by atoms with Gasteiger partial charge in [-0.05, 0) is 47.0 Å². The highest BCUT2D eigenvalue weighted by atomic mass is 16.3. The van der Waals surface area contributed by atoms with Gasteiger partial charge >= 0.3 is 0 Å². The van der Waals surface area contributed by atoms with Crippen molar-refractivity contribution in [3.8, 4) is 0 Å². The maximum Gasteiger partial charge on any atom is 0.122 e. The molecule has 0 spiro atoms. The van der Waals surface area contributed by atoms with Gasteiger partial charge in [0.15, 0.2) is 0 Å². The number of aromatic nitrogens is 2. The minimum atomic E-state index is 0.0264. The highest BCUT2D eigenvalue weighted by molar-refractivity contribution is 5.07. The Bertz CT molecular complexity index is 537. The number of furan rings is 1. The Balaban J connectivity index is 1.90. The first kappa shape index (κ1) is 15.8. The van der Waals surface area contributed by atoms with Gasteiger partial charge in [0.1, 0.15) is 5.76 Å². The van der Waals surface area contributed by atoms with E-state index in [1.807, 2.05) is 23.0 Å². The number of nitrogens with zero attached hydrogens (tertiary/aromatic N) is 3. The molecule has 0 saturated carbocycles. The maximum absolute atomic E-state index is 5.51. The monoisotopic (exact) mass is 290 g/mol. The van der Waals surface area contributed by atoms with Gasteiger partial charge in [-0.1, -0.05) is 0 Å². The zero-order chi connectivity index (χ0) is 15.5. The summed E-state index contributed by atoms with van der Waals surface area (Å²) in [5.74, 6) is 0.984. The molecule has 116 valence electrons. The van der Waals surface area contributed by atoms with E-state index in [4.69, 9.17) is 4.42 Å². The first-order chi connectivity index (χ1) is 9.88. The molecular formula is C16H26N4O. The molecule has 1 N–H and O–H groups in total. The highest BCUT2D eigenvalue weighted by Gasteiger charge is 2.17. The molecule has 0 bridgehead atoms. The Morgan fingerprint density at radius 1 is 1.38 bits per heavy atom. The van der Waals surface area contributed by atoms with Crippen LogP contribution >= 0.6 is 0 Å². The molecule has 0 aliphatic carbocycles. The molecule has 0 aliphatic rings. The van der Waals surface area contributed by atoms with Crippen molar-refractivity contribution in [1.29, 1.82) is 0 Å². The number of hydrogen-bond donors (Lipinski definition) is 1. The summed E-state index contributed by atoms with van der Waals surface area (Å²) >= 11 is 0. The highest BCUT2D eigenvalue weighted by Crippen LogP contribution is 2.18. The standard InChI is InChI=1S/C16H26N4O/c1-16(2,3)20-12-13(10-18-20)9-17-11-14(19(4)5)15-7-6-8-21-15/h6-8,10,12,14,17H,9,11H2,1-5H3. The molecule has 2 aromatic heterocycles. The fourth-order valence-electron chi connectivity index (χ4n) is 2.19. The SMILES string of the molecule is CN(C)C(CNCc1cnn(C(C)(C)C)c1)c1ccco1. The Hall–Kier alpha value is -1.59. The zero-order valence-electron chi connectivity index (χ0n) is 13.6. The van der Waals surface area contributed by atoms with Gasteiger partial charge in [0.05, 0.1) is 24.0 Å². The second-order valence-electron chi connectivity index (χ2n) is 6.59. The molecule has 0 fully saturated rings. The lowest BCUT2D eigenvalue weighted by atomic mass is 10.1. The normalized spacial score (nSPS) is 13.8. The van der Waals surface area contributed by atoms with Crippen LogP contribution in [0.4, 0.5) is 0 Å². The van der Waals surface area contributed by atoms with Gasteiger partial charge in [-0.25, -0.2) is 0 Å². The van der Waals surface area contributed by atoms with E-state index in [9.17, 15) is 0 Å². The van der Waals surface area contributed by atoms with Crippen molar-refractivity contribution in [2.45, 2.75) is 38.9 Å². The van der Waals surface area contributed by atoms with Crippen molar-refractivity contribution < 1.29 is 4.42 Å². The fraction of sp³-hybridized carbons (Fsp3) is 0.562. The largest absolute Gasteiger partial charge is 0.468 e. The quantitative estimate of drug-likeness (QED) is 0.888. The lowest BCUT2D eigenvalue weighted by Gasteiger charge is -2.22. The zero-order valence-corrected chi connectivity index (χ0v) is 13.6. The molecule has 2 heterocycles. The van der Waals surface area contributed by atoms with E-state index in [1.54, 1.807) is 6.26 Å². The van der Waals surface area contributed by atoms with Crippen molar-refractivity contribution in [3.63, 3.8) is 0 Å². The van der Waals surface area contributed by atoms with Crippen LogP contribution in [0.3, 0.4) is 0 Å². The third-order valence-corrected chi connectivity index (χ3v) is 3.49. The Morgan fingerprint density at radius 3 is 2.67 bits per heavy atom. The minimum absolute atomic E-state index is 0.0264. The first-order valence-electron chi connectivity index (χ1n) is 7.32. The van der Waals surface area contributed by atoms with Crippen LogP contribution in [0.2, 0.25) is 0 Å². The molecule has 0 aliphatic heterocycles. The lowest BCUT2D eigenvalue weighted by Crippen LogP contribution is -2.30. The van der Waals surface area contributed by atoms with Gasteiger partial charge in [-0.15, -0.1) is 0 Å². The van der Waals surface area contributed by atoms with Crippen LogP contribution in [-0.2, 0) is 12.1 Å². The summed E-state index contributed by atoms with van der Waals surface area (Å²) < 4.78 is 7.51. The predicted octanol–water partition coefficient (Wildman–Crippen LogP) is 2.62. The molecule has 0 amide bonds. The van der Waals surface area contributed by atoms with Gasteiger partial charge in [0, 0.05) is 24.8 Å². The molecule has 0 radical (unpaired) electrons. The van der Waals surface area contributed by atoms with E-state index in [2.05, 4.69) is 56.4 Å². The summed E-state index contributed by atoms with van der Waals surface area (Å²) in [5, 5.41) is 7.90. The second-order valence-corrected chi connectivity index (χ2v) is 6.59. The average Bonchev–Trinajstić information content (AvgIpc) is 3.04. The molecule has 1 atom stereocenters. The topological polar surface area (TPSA) is 46.2 Å². The van der Waals surface area contributed by atoms with Crippen LogP contribution in [0.5, 0.6) is 0 Å². The van der Waals surface area contributed by atoms with Crippen molar-refractivity contribution in [2.24, 2.45) is 0 Å². The molecule has 0 saturated heterocycles. The van der Waals surface area contributed by atoms with Gasteiger partial charge in [-0.3, -0.25) is 9.58 Å². The van der Waals surface area contributed by atoms with Crippen LogP contribution in [-0.4, -0.2) is 35.3 Å². The second kappa shape index (κ2) is 6.45. The van der Waals surface area contributed by atoms with Crippen LogP contribution in [0.15, 0.2) is 35.2 Å². The lowest BCUT2D eigenvalue weighted by molar-refractivity contribution is 0.250. The van der Waals surface area contributed by atoms with Crippen molar-refractivity contribution in [1.82, 2.24) is 20.0 Å². The van der Waals surface area contributed by atoms with Gasteiger partial charge in [0.25, 0.3) is 0 Å². The summed E-state index contributed by atoms with van der Waals surface area (Å²) in [6, 6.07) is 4.18. The maximum atomic E-state index is 5.51. The van der Waals surface area contributed by atoms with Gasteiger partial charge in [-0.2, -0.15) is 5.10 Å². The summed E-state index contributed by atoms with van der Waals surface area (Å²) in [6.45, 7) is 8.09. The Kier molecular flexibility index (Phi) is 4.85. The van der Waals surface area contributed by atoms with Crippen molar-refractivity contribution in [2.75, 3.05) is 20.6 Å². The predicted molar refractivity (Wildman–Crippen MR) is 84.1 cm³/mol. The number of likely N-dealkylation sites (N-methyl/N-ethyl adjacent to an activating group) is 1. The average molecular weight is 290 g/mol. The summed E-state index contributed by atoms with van der Waals surface area (Å²) in [5.41, 5.74) is 1.22. The van der Waals surface area contributed by atoms with Gasteiger partial charge in [0.2, 0.25) is 0 Å². The van der Waals surface area contributed by atoms with Crippen LogP contribution in [0, 0.1) is 0 Å². The van der Waals surface area contributed by atoms with E-state index in [1.165, 1.54) is 5.56 Å². The number of nitrogens with one attached hydrogen (secondary N) is 1. The number of rotatable bonds is 6. The van der Waals surface area contributed by atoms with Crippen molar-refractivity contribution >= 4 is 0 Å². The fourth-order valence-corrected chi connectivity index (χ4v) is 2.19. The third-order valence-electron chi connectivity index (χ3n) is 3.49. The molecule has 1 unspecified atom stereocenters. The molecule has 5 heteroatoms. The summed E-state index contributed by atoms with van der Waals surface area (Å²) in [7, 11) is 4.12. The summed E-state index contributed by atoms with van der Waals surface area (Å²) in [4.78, 5) is 2.16. The van der Waals surface area contributed by atoms with Crippen LogP contribution in [0.25, 0.3) is 0 Å². The van der Waals surface area contributed by atoms with E-state index in [-0.39, 0.29) is 11.6 Å². The smallest absolute Gasteiger partial charge is 0.122 e. The van der Waals surface area contributed by atoms with Crippen LogP contribution in [0.1, 0.15) is 38.1 Å². The molecule has 2 rings (SSSR count). The molecule has 5 nitrogen and oxygen atoms in total. The summed E-state index contributed by atoms with van der Waals surface area (Å²) in [6.07, 6.45) is 5.75. The first-order valence-corrected chi connectivity index (χ1v) is 7.32. The molecular weight excluding hydrogens is 264 g/mol. The van der Waals surface area contributed by atoms with Crippen molar-refractivity contribution in [3.05, 3.63) is 42.1 Å². The van der Waals surface area contributed by atoms with E-state index in [0.717, 1.165) is 18.8 Å². The minimum Gasteiger partial charge on any atom is -0.468 e. The number of hydrogen-bond acceptors (Lipinski definition) is 4. The van der Waals surface area contributed by atoms with Crippen LogP contribution < -0.4 is 5.32 Å². The molecule has 2 aromatic rings.